The van der Waals surface area contributed by atoms with Crippen LogP contribution in [0.25, 0.3) is 0 Å². The van der Waals surface area contributed by atoms with Gasteiger partial charge in [0.05, 0.1) is 12.7 Å². The molecule has 2 aliphatic carbocycles. The first-order valence-electron chi connectivity index (χ1n) is 7.82. The molecule has 2 aromatic rings. The van der Waals surface area contributed by atoms with Crippen LogP contribution in [0.15, 0.2) is 30.5 Å². The molecule has 110 valence electrons. The summed E-state index contributed by atoms with van der Waals surface area (Å²) in [5.41, 5.74) is 4.03. The Morgan fingerprint density at radius 2 is 2.10 bits per heavy atom. The number of nitrogens with one attached hydrogen (secondary N) is 1. The first-order chi connectivity index (χ1) is 10.3. The summed E-state index contributed by atoms with van der Waals surface area (Å²) in [6.45, 7) is 1.78. The Labute approximate surface area is 130 Å². The summed E-state index contributed by atoms with van der Waals surface area (Å²) < 4.78 is 2.17. The number of benzene rings is 1. The summed E-state index contributed by atoms with van der Waals surface area (Å²) in [7, 11) is 0. The lowest BCUT2D eigenvalue weighted by molar-refractivity contribution is 0.635. The fraction of sp³-hybridized carbons (Fsp3) is 0.471. The van der Waals surface area contributed by atoms with Gasteiger partial charge in [0.2, 0.25) is 0 Å². The lowest BCUT2D eigenvalue weighted by Crippen LogP contribution is -2.16. The second kappa shape index (κ2) is 5.47. The maximum atomic E-state index is 6.08. The van der Waals surface area contributed by atoms with E-state index in [1.54, 1.807) is 0 Å². The Balaban J connectivity index is 1.56. The van der Waals surface area contributed by atoms with Crippen molar-refractivity contribution in [2.45, 2.75) is 50.7 Å². The molecule has 3 nitrogen and oxygen atoms in total. The minimum atomic E-state index is 0.711. The zero-order valence-corrected chi connectivity index (χ0v) is 12.8. The summed E-state index contributed by atoms with van der Waals surface area (Å²) in [5.74, 6) is 0.711. The molecule has 0 amide bonds. The normalized spacial score (nSPS) is 18.1. The van der Waals surface area contributed by atoms with Gasteiger partial charge in [0.25, 0.3) is 0 Å². The van der Waals surface area contributed by atoms with E-state index in [2.05, 4.69) is 21.2 Å². The Bertz CT molecular complexity index is 641. The van der Waals surface area contributed by atoms with Crippen molar-refractivity contribution in [2.24, 2.45) is 0 Å². The average molecular weight is 302 g/mol. The summed E-state index contributed by atoms with van der Waals surface area (Å²) in [6, 6.07) is 8.82. The zero-order chi connectivity index (χ0) is 14.2. The maximum absolute atomic E-state index is 6.08. The third-order valence-corrected chi connectivity index (χ3v) is 4.54. The summed E-state index contributed by atoms with van der Waals surface area (Å²) in [5, 5.41) is 9.04. The molecule has 4 heteroatoms. The van der Waals surface area contributed by atoms with Gasteiger partial charge in [0.1, 0.15) is 0 Å². The zero-order valence-electron chi connectivity index (χ0n) is 12.1. The molecule has 1 aromatic heterocycles. The van der Waals surface area contributed by atoms with Crippen molar-refractivity contribution in [1.82, 2.24) is 15.1 Å². The van der Waals surface area contributed by atoms with E-state index in [0.29, 0.717) is 5.92 Å². The number of nitrogens with zero attached hydrogens (tertiary/aromatic N) is 2. The molecule has 2 aliphatic rings. The molecule has 1 heterocycles. The highest BCUT2D eigenvalue weighted by atomic mass is 35.5. The molecular weight excluding hydrogens is 282 g/mol. The fourth-order valence-corrected chi connectivity index (χ4v) is 3.09. The molecule has 21 heavy (non-hydrogen) atoms. The molecule has 4 rings (SSSR count). The Morgan fingerprint density at radius 3 is 2.81 bits per heavy atom. The third-order valence-electron chi connectivity index (χ3n) is 4.30. The molecule has 2 saturated carbocycles. The van der Waals surface area contributed by atoms with Crippen molar-refractivity contribution >= 4 is 11.6 Å². The van der Waals surface area contributed by atoms with Gasteiger partial charge in [0, 0.05) is 34.8 Å². The van der Waals surface area contributed by atoms with Crippen molar-refractivity contribution in [2.75, 3.05) is 0 Å². The first kappa shape index (κ1) is 13.4. The van der Waals surface area contributed by atoms with Gasteiger partial charge in [-0.1, -0.05) is 23.7 Å². The third kappa shape index (κ3) is 3.14. The van der Waals surface area contributed by atoms with E-state index in [9.17, 15) is 0 Å². The van der Waals surface area contributed by atoms with E-state index < -0.39 is 0 Å². The minimum absolute atomic E-state index is 0.711. The van der Waals surface area contributed by atoms with Gasteiger partial charge in [-0.05, 0) is 43.4 Å². The average Bonchev–Trinajstić information content (AvgIpc) is 3.38. The van der Waals surface area contributed by atoms with E-state index in [1.807, 2.05) is 24.4 Å². The molecular formula is C17H20ClN3. The molecule has 0 bridgehead atoms. The molecule has 1 N–H and O–H groups in total. The van der Waals surface area contributed by atoms with Crippen molar-refractivity contribution in [3.63, 3.8) is 0 Å². The Hall–Kier alpha value is -1.32. The highest BCUT2D eigenvalue weighted by molar-refractivity contribution is 6.30. The standard InChI is InChI=1S/C17H20ClN3/c18-15-3-1-2-12(8-15)11-21-17(13-4-5-13)14(10-20-21)9-19-16-6-7-16/h1-3,8,10,13,16,19H,4-7,9,11H2. The van der Waals surface area contributed by atoms with Gasteiger partial charge in [-0.25, -0.2) is 0 Å². The molecule has 2 fully saturated rings. The van der Waals surface area contributed by atoms with E-state index in [-0.39, 0.29) is 0 Å². The van der Waals surface area contributed by atoms with Crippen LogP contribution in [0.3, 0.4) is 0 Å². The van der Waals surface area contributed by atoms with E-state index in [4.69, 9.17) is 11.6 Å². The molecule has 0 radical (unpaired) electrons. The van der Waals surface area contributed by atoms with Gasteiger partial charge in [0.15, 0.2) is 0 Å². The predicted molar refractivity (Wildman–Crippen MR) is 84.6 cm³/mol. The smallest absolute Gasteiger partial charge is 0.0663 e. The number of halogens is 1. The molecule has 0 aliphatic heterocycles. The summed E-state index contributed by atoms with van der Waals surface area (Å²) in [4.78, 5) is 0. The monoisotopic (exact) mass is 301 g/mol. The molecule has 0 unspecified atom stereocenters. The molecule has 1 aromatic carbocycles. The number of hydrogen-bond acceptors (Lipinski definition) is 2. The van der Waals surface area contributed by atoms with Crippen LogP contribution in [-0.2, 0) is 13.1 Å². The van der Waals surface area contributed by atoms with Gasteiger partial charge in [-0.2, -0.15) is 5.10 Å². The minimum Gasteiger partial charge on any atom is -0.310 e. The second-order valence-electron chi connectivity index (χ2n) is 6.27. The Kier molecular flexibility index (Phi) is 3.48. The lowest BCUT2D eigenvalue weighted by Gasteiger charge is -2.10. The largest absolute Gasteiger partial charge is 0.310 e. The van der Waals surface area contributed by atoms with Crippen LogP contribution in [-0.4, -0.2) is 15.8 Å². The maximum Gasteiger partial charge on any atom is 0.0663 e. The Morgan fingerprint density at radius 1 is 1.24 bits per heavy atom. The highest BCUT2D eigenvalue weighted by Gasteiger charge is 2.30. The van der Waals surface area contributed by atoms with Crippen LogP contribution >= 0.6 is 11.6 Å². The van der Waals surface area contributed by atoms with Gasteiger partial charge in [-0.3, -0.25) is 4.68 Å². The molecule has 0 atom stereocenters. The SMILES string of the molecule is Clc1cccc(Cn2ncc(CNC3CC3)c2C2CC2)c1. The van der Waals surface area contributed by atoms with Crippen LogP contribution in [0.1, 0.15) is 48.4 Å². The van der Waals surface area contributed by atoms with Crippen LogP contribution < -0.4 is 5.32 Å². The second-order valence-corrected chi connectivity index (χ2v) is 6.71. The number of hydrogen-bond donors (Lipinski definition) is 1. The number of aromatic nitrogens is 2. The lowest BCUT2D eigenvalue weighted by atomic mass is 10.1. The summed E-state index contributed by atoms with van der Waals surface area (Å²) >= 11 is 6.08. The van der Waals surface area contributed by atoms with Crippen LogP contribution in [0.2, 0.25) is 5.02 Å². The predicted octanol–water partition coefficient (Wildman–Crippen LogP) is 3.71. The topological polar surface area (TPSA) is 29.9 Å². The van der Waals surface area contributed by atoms with Crippen LogP contribution in [0.5, 0.6) is 0 Å². The van der Waals surface area contributed by atoms with Gasteiger partial charge >= 0.3 is 0 Å². The fourth-order valence-electron chi connectivity index (χ4n) is 2.88. The van der Waals surface area contributed by atoms with E-state index >= 15 is 0 Å². The van der Waals surface area contributed by atoms with Gasteiger partial charge in [-0.15, -0.1) is 0 Å². The number of rotatable bonds is 6. The first-order valence-corrected chi connectivity index (χ1v) is 8.20. The molecule has 0 spiro atoms. The van der Waals surface area contributed by atoms with E-state index in [1.165, 1.54) is 42.5 Å². The van der Waals surface area contributed by atoms with Crippen molar-refractivity contribution < 1.29 is 0 Å². The van der Waals surface area contributed by atoms with Crippen molar-refractivity contribution in [3.05, 3.63) is 52.3 Å². The quantitative estimate of drug-likeness (QED) is 0.881. The van der Waals surface area contributed by atoms with Crippen molar-refractivity contribution in [1.29, 1.82) is 0 Å². The summed E-state index contributed by atoms with van der Waals surface area (Å²) in [6.07, 6.45) is 7.31. The molecule has 0 saturated heterocycles. The van der Waals surface area contributed by atoms with Crippen molar-refractivity contribution in [3.8, 4) is 0 Å². The van der Waals surface area contributed by atoms with Crippen LogP contribution in [0, 0.1) is 0 Å². The van der Waals surface area contributed by atoms with Crippen LogP contribution in [0.4, 0.5) is 0 Å². The highest BCUT2D eigenvalue weighted by Crippen LogP contribution is 2.42. The van der Waals surface area contributed by atoms with Gasteiger partial charge < -0.3 is 5.32 Å². The van der Waals surface area contributed by atoms with E-state index in [0.717, 1.165) is 24.2 Å².